The van der Waals surface area contributed by atoms with Gasteiger partial charge in [-0.3, -0.25) is 4.79 Å². The molecule has 1 aliphatic heterocycles. The van der Waals surface area contributed by atoms with Gasteiger partial charge in [0.25, 0.3) is 5.91 Å². The van der Waals surface area contributed by atoms with Gasteiger partial charge in [0.15, 0.2) is 0 Å². The Bertz CT molecular complexity index is 973. The second-order valence-electron chi connectivity index (χ2n) is 7.30. The van der Waals surface area contributed by atoms with Crippen molar-refractivity contribution >= 4 is 44.8 Å². The van der Waals surface area contributed by atoms with Gasteiger partial charge in [0.1, 0.15) is 0 Å². The number of hydrogen-bond acceptors (Lipinski definition) is 4. The fourth-order valence-electron chi connectivity index (χ4n) is 3.25. The molecule has 1 aliphatic rings. The van der Waals surface area contributed by atoms with E-state index < -0.39 is 10.0 Å². The van der Waals surface area contributed by atoms with Crippen LogP contribution in [0.4, 0.5) is 5.69 Å². The van der Waals surface area contributed by atoms with Gasteiger partial charge in [-0.2, -0.15) is 0 Å². The zero-order chi connectivity index (χ0) is 18.6. The van der Waals surface area contributed by atoms with Crippen molar-refractivity contribution in [3.05, 3.63) is 35.9 Å². The summed E-state index contributed by atoms with van der Waals surface area (Å²) in [5.41, 5.74) is 6.69. The lowest BCUT2D eigenvalue weighted by atomic mass is 9.94. The first kappa shape index (κ1) is 20.6. The Kier molecular flexibility index (Phi) is 5.41. The Labute approximate surface area is 160 Å². The maximum atomic E-state index is 13.1. The van der Waals surface area contributed by atoms with E-state index in [2.05, 4.69) is 0 Å². The molecule has 1 heterocycles. The van der Waals surface area contributed by atoms with Gasteiger partial charge in [-0.1, -0.05) is 26.0 Å². The Balaban J connectivity index is 0.00000243. The van der Waals surface area contributed by atoms with E-state index in [4.69, 9.17) is 5.73 Å². The highest BCUT2D eigenvalue weighted by molar-refractivity contribution is 7.89. The molecular formula is C18H24ClN3O3S. The van der Waals surface area contributed by atoms with Gasteiger partial charge in [-0.05, 0) is 30.2 Å². The van der Waals surface area contributed by atoms with E-state index in [1.165, 1.54) is 4.31 Å². The third kappa shape index (κ3) is 3.09. The van der Waals surface area contributed by atoms with Crippen LogP contribution in [0.3, 0.4) is 0 Å². The molecule has 142 valence electrons. The molecule has 2 aromatic rings. The molecule has 0 unspecified atom stereocenters. The van der Waals surface area contributed by atoms with Gasteiger partial charge in [-0.15, -0.1) is 12.4 Å². The van der Waals surface area contributed by atoms with Crippen LogP contribution in [0, 0.1) is 5.41 Å². The molecule has 6 nitrogen and oxygen atoms in total. The summed E-state index contributed by atoms with van der Waals surface area (Å²) >= 11 is 0. The highest BCUT2D eigenvalue weighted by Gasteiger charge is 2.32. The molecule has 26 heavy (non-hydrogen) atoms. The van der Waals surface area contributed by atoms with Crippen LogP contribution in [0.5, 0.6) is 0 Å². The number of halogens is 1. The van der Waals surface area contributed by atoms with Crippen LogP contribution < -0.4 is 10.6 Å². The summed E-state index contributed by atoms with van der Waals surface area (Å²) in [6.45, 7) is 4.56. The SMILES string of the molecule is CN1C(=O)c2cccc3c(S(=O)(=O)N(C)CC(C)(C)CN)ccc1c23.Cl. The molecule has 8 heteroatoms. The summed E-state index contributed by atoms with van der Waals surface area (Å²) in [5, 5.41) is 1.27. The molecule has 0 radical (unpaired) electrons. The number of rotatable bonds is 5. The lowest BCUT2D eigenvalue weighted by Crippen LogP contribution is -2.39. The van der Waals surface area contributed by atoms with Gasteiger partial charge < -0.3 is 10.6 Å². The van der Waals surface area contributed by atoms with E-state index >= 15 is 0 Å². The van der Waals surface area contributed by atoms with Crippen molar-refractivity contribution in [1.82, 2.24) is 4.31 Å². The van der Waals surface area contributed by atoms with Gasteiger partial charge in [-0.25, -0.2) is 12.7 Å². The highest BCUT2D eigenvalue weighted by atomic mass is 35.5. The molecule has 0 bridgehead atoms. The van der Waals surface area contributed by atoms with Gasteiger partial charge in [0, 0.05) is 37.0 Å². The minimum atomic E-state index is -3.70. The second-order valence-corrected chi connectivity index (χ2v) is 9.32. The third-order valence-corrected chi connectivity index (χ3v) is 6.63. The summed E-state index contributed by atoms with van der Waals surface area (Å²) in [4.78, 5) is 14.1. The normalized spacial score (nSPS) is 14.2. The Morgan fingerprint density at radius 3 is 2.46 bits per heavy atom. The predicted octanol–water partition coefficient (Wildman–Crippen LogP) is 2.46. The summed E-state index contributed by atoms with van der Waals surface area (Å²) in [7, 11) is -0.443. The average Bonchev–Trinajstić information content (AvgIpc) is 2.81. The number of nitrogens with two attached hydrogens (primary N) is 1. The van der Waals surface area contributed by atoms with Crippen LogP contribution in [-0.4, -0.2) is 45.8 Å². The van der Waals surface area contributed by atoms with E-state index in [-0.39, 0.29) is 28.6 Å². The fraction of sp³-hybridized carbons (Fsp3) is 0.389. The Morgan fingerprint density at radius 2 is 1.85 bits per heavy atom. The first-order valence-electron chi connectivity index (χ1n) is 8.10. The van der Waals surface area contributed by atoms with Crippen molar-refractivity contribution in [2.24, 2.45) is 11.1 Å². The van der Waals surface area contributed by atoms with E-state index in [9.17, 15) is 13.2 Å². The van der Waals surface area contributed by atoms with Crippen molar-refractivity contribution < 1.29 is 13.2 Å². The Hall–Kier alpha value is -1.67. The summed E-state index contributed by atoms with van der Waals surface area (Å²) in [6, 6.07) is 8.49. The number of carbonyl (C=O) groups is 1. The Morgan fingerprint density at radius 1 is 1.19 bits per heavy atom. The minimum Gasteiger partial charge on any atom is -0.330 e. The molecule has 0 atom stereocenters. The predicted molar refractivity (Wildman–Crippen MR) is 107 cm³/mol. The van der Waals surface area contributed by atoms with Gasteiger partial charge >= 0.3 is 0 Å². The molecule has 2 aromatic carbocycles. The molecule has 0 aromatic heterocycles. The quantitative estimate of drug-likeness (QED) is 0.839. The van der Waals surface area contributed by atoms with E-state index in [0.717, 1.165) is 5.69 Å². The van der Waals surface area contributed by atoms with E-state index in [1.54, 1.807) is 49.3 Å². The van der Waals surface area contributed by atoms with Crippen LogP contribution in [0.2, 0.25) is 0 Å². The summed E-state index contributed by atoms with van der Waals surface area (Å²) < 4.78 is 27.6. The monoisotopic (exact) mass is 397 g/mol. The van der Waals surface area contributed by atoms with Crippen molar-refractivity contribution in [2.45, 2.75) is 18.7 Å². The van der Waals surface area contributed by atoms with E-state index in [1.807, 2.05) is 13.8 Å². The number of amides is 1. The first-order chi connectivity index (χ1) is 11.6. The maximum absolute atomic E-state index is 13.1. The van der Waals surface area contributed by atoms with Crippen molar-refractivity contribution in [1.29, 1.82) is 0 Å². The van der Waals surface area contributed by atoms with Gasteiger partial charge in [0.2, 0.25) is 10.0 Å². The second kappa shape index (κ2) is 6.81. The largest absolute Gasteiger partial charge is 0.330 e. The molecule has 3 rings (SSSR count). The van der Waals surface area contributed by atoms with Crippen LogP contribution in [0.1, 0.15) is 24.2 Å². The lowest BCUT2D eigenvalue weighted by Gasteiger charge is -2.28. The molecular weight excluding hydrogens is 374 g/mol. The van der Waals surface area contributed by atoms with Crippen LogP contribution >= 0.6 is 12.4 Å². The van der Waals surface area contributed by atoms with E-state index in [0.29, 0.717) is 29.4 Å². The minimum absolute atomic E-state index is 0. The van der Waals surface area contributed by atoms with Crippen LogP contribution in [0.15, 0.2) is 35.2 Å². The number of sulfonamides is 1. The van der Waals surface area contributed by atoms with Crippen LogP contribution in [-0.2, 0) is 10.0 Å². The molecule has 1 amide bonds. The zero-order valence-corrected chi connectivity index (χ0v) is 16.9. The van der Waals surface area contributed by atoms with Crippen molar-refractivity contribution in [3.8, 4) is 0 Å². The summed E-state index contributed by atoms with van der Waals surface area (Å²) in [6.07, 6.45) is 0. The number of benzene rings is 2. The molecule has 0 saturated heterocycles. The first-order valence-corrected chi connectivity index (χ1v) is 9.54. The molecule has 2 N–H and O–H groups in total. The average molecular weight is 398 g/mol. The molecule has 0 spiro atoms. The standard InChI is InChI=1S/C18H23N3O3S.ClH/c1-18(2,10-19)11-20(3)25(23,24)15-9-8-14-16-12(15)6-5-7-13(16)17(22)21(14)4;/h5-9H,10-11,19H2,1-4H3;1H. The topological polar surface area (TPSA) is 83.7 Å². The molecule has 0 saturated carbocycles. The molecule has 0 fully saturated rings. The maximum Gasteiger partial charge on any atom is 0.258 e. The fourth-order valence-corrected chi connectivity index (χ4v) is 4.80. The molecule has 0 aliphatic carbocycles. The summed E-state index contributed by atoms with van der Waals surface area (Å²) in [5.74, 6) is -0.118. The van der Waals surface area contributed by atoms with Crippen molar-refractivity contribution in [2.75, 3.05) is 32.1 Å². The van der Waals surface area contributed by atoms with Gasteiger partial charge in [0.05, 0.1) is 10.6 Å². The third-order valence-electron chi connectivity index (χ3n) is 4.77. The number of carbonyl (C=O) groups excluding carboxylic acids is 1. The smallest absolute Gasteiger partial charge is 0.258 e. The highest BCUT2D eigenvalue weighted by Crippen LogP contribution is 2.40. The van der Waals surface area contributed by atoms with Crippen LogP contribution in [0.25, 0.3) is 10.8 Å². The lowest BCUT2D eigenvalue weighted by molar-refractivity contribution is 0.0999. The number of anilines is 1. The number of hydrogen-bond donors (Lipinski definition) is 1. The number of nitrogens with zero attached hydrogens (tertiary/aromatic N) is 2. The van der Waals surface area contributed by atoms with Crippen molar-refractivity contribution in [3.63, 3.8) is 0 Å². The zero-order valence-electron chi connectivity index (χ0n) is 15.3.